The first-order valence-corrected chi connectivity index (χ1v) is 6.98. The largest absolute Gasteiger partial charge is 0.347 e. The lowest BCUT2D eigenvalue weighted by Crippen LogP contribution is -2.41. The maximum Gasteiger partial charge on any atom is 0.221 e. The summed E-state index contributed by atoms with van der Waals surface area (Å²) in [4.78, 5) is 12.1. The molecular weight excluding hydrogens is 246 g/mol. The Morgan fingerprint density at radius 2 is 1.50 bits per heavy atom. The molecule has 0 atom stereocenters. The molecule has 0 saturated heterocycles. The van der Waals surface area contributed by atoms with E-state index in [1.807, 2.05) is 62.4 Å². The number of rotatable bonds is 5. The minimum atomic E-state index is -0.338. The molecule has 0 aliphatic carbocycles. The van der Waals surface area contributed by atoms with Crippen LogP contribution in [0.2, 0.25) is 0 Å². The molecule has 0 aliphatic heterocycles. The summed E-state index contributed by atoms with van der Waals surface area (Å²) in [5.74, 6) is 0.0858. The van der Waals surface area contributed by atoms with Gasteiger partial charge in [-0.1, -0.05) is 60.7 Å². The first kappa shape index (κ1) is 14.3. The zero-order valence-electron chi connectivity index (χ0n) is 12.1. The predicted octanol–water partition coefficient (Wildman–Crippen LogP) is 3.67. The van der Waals surface area contributed by atoms with Gasteiger partial charge < -0.3 is 5.32 Å². The van der Waals surface area contributed by atoms with E-state index in [0.29, 0.717) is 6.42 Å². The second-order valence-electron chi connectivity index (χ2n) is 5.52. The third-order valence-electron chi connectivity index (χ3n) is 3.43. The molecule has 0 aliphatic rings. The van der Waals surface area contributed by atoms with Gasteiger partial charge in [0.05, 0.1) is 5.54 Å². The maximum atomic E-state index is 12.1. The van der Waals surface area contributed by atoms with Crippen molar-refractivity contribution in [3.8, 4) is 0 Å². The van der Waals surface area contributed by atoms with E-state index >= 15 is 0 Å². The molecule has 2 rings (SSSR count). The molecule has 2 aromatic carbocycles. The monoisotopic (exact) mass is 267 g/mol. The lowest BCUT2D eigenvalue weighted by molar-refractivity contribution is -0.122. The number of hydrogen-bond donors (Lipinski definition) is 1. The van der Waals surface area contributed by atoms with Gasteiger partial charge in [0.2, 0.25) is 5.91 Å². The van der Waals surface area contributed by atoms with Gasteiger partial charge in [-0.05, 0) is 31.4 Å². The fourth-order valence-corrected chi connectivity index (χ4v) is 2.24. The Kier molecular flexibility index (Phi) is 4.57. The van der Waals surface area contributed by atoms with E-state index in [4.69, 9.17) is 0 Å². The molecule has 0 saturated carbocycles. The summed E-state index contributed by atoms with van der Waals surface area (Å²) in [5, 5.41) is 3.10. The average molecular weight is 267 g/mol. The summed E-state index contributed by atoms with van der Waals surface area (Å²) in [7, 11) is 0. The van der Waals surface area contributed by atoms with E-state index in [1.54, 1.807) is 0 Å². The second-order valence-corrected chi connectivity index (χ2v) is 5.52. The normalized spacial score (nSPS) is 11.1. The van der Waals surface area contributed by atoms with Crippen LogP contribution in [0.15, 0.2) is 60.7 Å². The van der Waals surface area contributed by atoms with Crippen LogP contribution in [0, 0.1) is 0 Å². The molecule has 1 amide bonds. The zero-order chi connectivity index (χ0) is 14.4. The number of carbonyl (C=O) groups excluding carboxylic acids is 1. The minimum Gasteiger partial charge on any atom is -0.347 e. The highest BCUT2D eigenvalue weighted by molar-refractivity contribution is 5.77. The Morgan fingerprint density at radius 3 is 2.10 bits per heavy atom. The summed E-state index contributed by atoms with van der Waals surface area (Å²) in [6, 6.07) is 20.1. The third-order valence-corrected chi connectivity index (χ3v) is 3.43. The highest BCUT2D eigenvalue weighted by Crippen LogP contribution is 2.19. The van der Waals surface area contributed by atoms with Gasteiger partial charge in [0, 0.05) is 6.42 Å². The predicted molar refractivity (Wildman–Crippen MR) is 82.4 cm³/mol. The van der Waals surface area contributed by atoms with E-state index in [0.717, 1.165) is 12.0 Å². The van der Waals surface area contributed by atoms with Crippen molar-refractivity contribution in [3.63, 3.8) is 0 Å². The Labute approximate surface area is 120 Å². The van der Waals surface area contributed by atoms with E-state index in [1.165, 1.54) is 5.56 Å². The Bertz CT molecular complexity index is 546. The molecule has 0 heterocycles. The molecule has 0 spiro atoms. The van der Waals surface area contributed by atoms with Gasteiger partial charge in [-0.2, -0.15) is 0 Å². The van der Waals surface area contributed by atoms with E-state index in [9.17, 15) is 4.79 Å². The molecule has 0 radical (unpaired) electrons. The quantitative estimate of drug-likeness (QED) is 0.880. The molecule has 0 aromatic heterocycles. The molecule has 104 valence electrons. The molecule has 0 fully saturated rings. The van der Waals surface area contributed by atoms with Gasteiger partial charge in [-0.3, -0.25) is 4.79 Å². The highest BCUT2D eigenvalue weighted by Gasteiger charge is 2.22. The summed E-state index contributed by atoms with van der Waals surface area (Å²) in [5.41, 5.74) is 1.97. The van der Waals surface area contributed by atoms with Gasteiger partial charge >= 0.3 is 0 Å². The van der Waals surface area contributed by atoms with Crippen molar-refractivity contribution in [2.75, 3.05) is 0 Å². The summed E-state index contributed by atoms with van der Waals surface area (Å²) in [6.45, 7) is 4.06. The fraction of sp³-hybridized carbons (Fsp3) is 0.278. The lowest BCUT2D eigenvalue weighted by atomic mass is 9.94. The summed E-state index contributed by atoms with van der Waals surface area (Å²) in [6.07, 6.45) is 1.29. The van der Waals surface area contributed by atoms with Crippen LogP contribution in [0.4, 0.5) is 0 Å². The summed E-state index contributed by atoms with van der Waals surface area (Å²) >= 11 is 0. The molecule has 1 N–H and O–H groups in total. The van der Waals surface area contributed by atoms with Crippen LogP contribution in [0.1, 0.15) is 31.4 Å². The SMILES string of the molecule is CC(C)(NC(=O)CCc1ccccc1)c1ccccc1. The van der Waals surface area contributed by atoms with Crippen molar-refractivity contribution >= 4 is 5.91 Å². The first-order valence-electron chi connectivity index (χ1n) is 6.98. The number of carbonyl (C=O) groups is 1. The van der Waals surface area contributed by atoms with Crippen LogP contribution in [0.3, 0.4) is 0 Å². The Morgan fingerprint density at radius 1 is 0.950 bits per heavy atom. The van der Waals surface area contributed by atoms with Crippen LogP contribution in [0.5, 0.6) is 0 Å². The van der Waals surface area contributed by atoms with E-state index in [-0.39, 0.29) is 11.4 Å². The fourth-order valence-electron chi connectivity index (χ4n) is 2.24. The first-order chi connectivity index (χ1) is 9.58. The van der Waals surface area contributed by atoms with E-state index < -0.39 is 0 Å². The van der Waals surface area contributed by atoms with Crippen molar-refractivity contribution in [1.29, 1.82) is 0 Å². The molecule has 2 aromatic rings. The zero-order valence-corrected chi connectivity index (χ0v) is 12.1. The van der Waals surface area contributed by atoms with Crippen LogP contribution < -0.4 is 5.32 Å². The lowest BCUT2D eigenvalue weighted by Gasteiger charge is -2.27. The van der Waals surface area contributed by atoms with Gasteiger partial charge in [-0.25, -0.2) is 0 Å². The van der Waals surface area contributed by atoms with Crippen LogP contribution in [-0.4, -0.2) is 5.91 Å². The van der Waals surface area contributed by atoms with Crippen molar-refractivity contribution in [2.24, 2.45) is 0 Å². The third kappa shape index (κ3) is 3.95. The summed E-state index contributed by atoms with van der Waals surface area (Å²) < 4.78 is 0. The molecular formula is C18H21NO. The van der Waals surface area contributed by atoms with Crippen molar-refractivity contribution in [3.05, 3.63) is 71.8 Å². The molecule has 0 unspecified atom stereocenters. The smallest absolute Gasteiger partial charge is 0.221 e. The number of amides is 1. The highest BCUT2D eigenvalue weighted by atomic mass is 16.1. The topological polar surface area (TPSA) is 29.1 Å². The van der Waals surface area contributed by atoms with E-state index in [2.05, 4.69) is 17.4 Å². The number of aryl methyl sites for hydroxylation is 1. The molecule has 2 nitrogen and oxygen atoms in total. The van der Waals surface area contributed by atoms with Gasteiger partial charge in [0.15, 0.2) is 0 Å². The molecule has 2 heteroatoms. The number of benzene rings is 2. The van der Waals surface area contributed by atoms with Gasteiger partial charge in [0.25, 0.3) is 0 Å². The van der Waals surface area contributed by atoms with Crippen LogP contribution in [0.25, 0.3) is 0 Å². The molecule has 20 heavy (non-hydrogen) atoms. The number of hydrogen-bond acceptors (Lipinski definition) is 1. The molecule has 0 bridgehead atoms. The average Bonchev–Trinajstić information content (AvgIpc) is 2.47. The van der Waals surface area contributed by atoms with Crippen molar-refractivity contribution in [1.82, 2.24) is 5.32 Å². The maximum absolute atomic E-state index is 12.1. The van der Waals surface area contributed by atoms with Gasteiger partial charge in [-0.15, -0.1) is 0 Å². The Hall–Kier alpha value is -2.09. The Balaban J connectivity index is 1.91. The number of nitrogens with one attached hydrogen (secondary N) is 1. The van der Waals surface area contributed by atoms with Crippen LogP contribution >= 0.6 is 0 Å². The van der Waals surface area contributed by atoms with Crippen molar-refractivity contribution in [2.45, 2.75) is 32.2 Å². The van der Waals surface area contributed by atoms with Crippen molar-refractivity contribution < 1.29 is 4.79 Å². The minimum absolute atomic E-state index is 0.0858. The standard InChI is InChI=1S/C18H21NO/c1-18(2,16-11-7-4-8-12-16)19-17(20)14-13-15-9-5-3-6-10-15/h3-12H,13-14H2,1-2H3,(H,19,20). The van der Waals surface area contributed by atoms with Crippen LogP contribution in [-0.2, 0) is 16.8 Å². The van der Waals surface area contributed by atoms with Gasteiger partial charge in [0.1, 0.15) is 0 Å². The second kappa shape index (κ2) is 6.38.